The number of phenolic OH excluding ortho intramolecular Hbond substituents is 1. The van der Waals surface area contributed by atoms with Crippen molar-refractivity contribution in [2.75, 3.05) is 20.3 Å². The van der Waals surface area contributed by atoms with Crippen LogP contribution in [0.4, 0.5) is 0 Å². The first-order valence-corrected chi connectivity index (χ1v) is 5.47. The first-order chi connectivity index (χ1) is 8.08. The van der Waals surface area contributed by atoms with E-state index in [4.69, 9.17) is 9.84 Å². The third kappa shape index (κ3) is 3.89. The van der Waals surface area contributed by atoms with Gasteiger partial charge in [-0.2, -0.15) is 0 Å². The minimum atomic E-state index is -0.767. The van der Waals surface area contributed by atoms with Crippen LogP contribution < -0.4 is 10.1 Å². The number of aromatic hydroxyl groups is 1. The maximum Gasteiger partial charge on any atom is 0.160 e. The van der Waals surface area contributed by atoms with Gasteiger partial charge in [-0.05, 0) is 24.6 Å². The van der Waals surface area contributed by atoms with Gasteiger partial charge in [-0.1, -0.05) is 6.07 Å². The normalized spacial score (nSPS) is 14.4. The molecule has 0 aliphatic carbocycles. The van der Waals surface area contributed by atoms with E-state index in [1.807, 2.05) is 6.92 Å². The van der Waals surface area contributed by atoms with E-state index in [1.54, 1.807) is 18.2 Å². The highest BCUT2D eigenvalue weighted by Crippen LogP contribution is 2.28. The fourth-order valence-electron chi connectivity index (χ4n) is 1.46. The van der Waals surface area contributed by atoms with Gasteiger partial charge in [0, 0.05) is 12.6 Å². The molecule has 0 amide bonds. The predicted octanol–water partition coefficient (Wildman–Crippen LogP) is 0.405. The van der Waals surface area contributed by atoms with Gasteiger partial charge in [0.2, 0.25) is 0 Å². The summed E-state index contributed by atoms with van der Waals surface area (Å²) < 4.78 is 5.02. The van der Waals surface area contributed by atoms with Crippen LogP contribution in [0.5, 0.6) is 11.5 Å². The van der Waals surface area contributed by atoms with E-state index < -0.39 is 6.10 Å². The molecule has 0 heterocycles. The van der Waals surface area contributed by atoms with E-state index in [1.165, 1.54) is 7.11 Å². The zero-order chi connectivity index (χ0) is 12.8. The highest BCUT2D eigenvalue weighted by molar-refractivity contribution is 5.42. The number of methoxy groups -OCH3 is 1. The Morgan fingerprint density at radius 3 is 2.71 bits per heavy atom. The molecule has 0 fully saturated rings. The quantitative estimate of drug-likeness (QED) is 0.580. The van der Waals surface area contributed by atoms with Crippen LogP contribution >= 0.6 is 0 Å². The van der Waals surface area contributed by atoms with Crippen LogP contribution in [0.2, 0.25) is 0 Å². The predicted molar refractivity (Wildman–Crippen MR) is 64.2 cm³/mol. The average Bonchev–Trinajstić information content (AvgIpc) is 2.35. The molecule has 2 unspecified atom stereocenters. The third-order valence-corrected chi connectivity index (χ3v) is 2.57. The molecule has 1 rings (SSSR count). The largest absolute Gasteiger partial charge is 0.504 e. The lowest BCUT2D eigenvalue weighted by Crippen LogP contribution is -2.31. The maximum absolute atomic E-state index is 9.45. The Morgan fingerprint density at radius 1 is 1.41 bits per heavy atom. The molecule has 0 aliphatic heterocycles. The summed E-state index contributed by atoms with van der Waals surface area (Å²) in [6.45, 7) is 1.97. The molecule has 0 radical (unpaired) electrons. The number of ether oxygens (including phenoxy) is 1. The van der Waals surface area contributed by atoms with Crippen LogP contribution in [0.1, 0.15) is 18.5 Å². The summed E-state index contributed by atoms with van der Waals surface area (Å²) >= 11 is 0. The van der Waals surface area contributed by atoms with Crippen molar-refractivity contribution < 1.29 is 20.1 Å². The topological polar surface area (TPSA) is 82.0 Å². The number of aliphatic hydroxyl groups is 2. The first kappa shape index (κ1) is 13.8. The Hall–Kier alpha value is -1.30. The summed E-state index contributed by atoms with van der Waals surface area (Å²) in [7, 11) is 1.49. The highest BCUT2D eigenvalue weighted by Gasteiger charge is 2.10. The lowest BCUT2D eigenvalue weighted by Gasteiger charge is -2.17. The molecule has 0 saturated heterocycles. The van der Waals surface area contributed by atoms with E-state index in [-0.39, 0.29) is 18.4 Å². The lowest BCUT2D eigenvalue weighted by atomic mass is 10.1. The van der Waals surface area contributed by atoms with Crippen molar-refractivity contribution in [1.82, 2.24) is 5.32 Å². The summed E-state index contributed by atoms with van der Waals surface area (Å²) in [4.78, 5) is 0. The number of aliphatic hydroxyl groups excluding tert-OH is 2. The fraction of sp³-hybridized carbons (Fsp3) is 0.500. The molecule has 96 valence electrons. The van der Waals surface area contributed by atoms with Crippen LogP contribution in [0.25, 0.3) is 0 Å². The summed E-state index contributed by atoms with van der Waals surface area (Å²) in [6, 6.07) is 5.07. The molecule has 4 N–H and O–H groups in total. The highest BCUT2D eigenvalue weighted by atomic mass is 16.5. The molecule has 0 aromatic heterocycles. The average molecular weight is 241 g/mol. The Morgan fingerprint density at radius 2 is 2.12 bits per heavy atom. The molecule has 1 aromatic rings. The Bertz CT molecular complexity index is 356. The Kier molecular flexibility index (Phi) is 5.21. The summed E-state index contributed by atoms with van der Waals surface area (Å²) in [5, 5.41) is 30.4. The molecule has 0 aliphatic rings. The van der Waals surface area contributed by atoms with Crippen molar-refractivity contribution in [3.63, 3.8) is 0 Å². The molecule has 0 saturated carbocycles. The van der Waals surface area contributed by atoms with Gasteiger partial charge in [0.05, 0.1) is 19.8 Å². The van der Waals surface area contributed by atoms with Gasteiger partial charge in [0.15, 0.2) is 11.5 Å². The second-order valence-electron chi connectivity index (χ2n) is 3.90. The van der Waals surface area contributed by atoms with Crippen molar-refractivity contribution >= 4 is 0 Å². The second-order valence-corrected chi connectivity index (χ2v) is 3.90. The molecule has 2 atom stereocenters. The number of hydrogen-bond donors (Lipinski definition) is 4. The van der Waals surface area contributed by atoms with Crippen LogP contribution in [-0.2, 0) is 0 Å². The second kappa shape index (κ2) is 6.44. The van der Waals surface area contributed by atoms with Gasteiger partial charge in [0.25, 0.3) is 0 Å². The summed E-state index contributed by atoms with van der Waals surface area (Å²) in [5.74, 6) is 0.512. The minimum Gasteiger partial charge on any atom is -0.504 e. The van der Waals surface area contributed by atoms with Gasteiger partial charge < -0.3 is 25.4 Å². The molecular formula is C12H19NO4. The molecule has 5 nitrogen and oxygen atoms in total. The van der Waals surface area contributed by atoms with Crippen molar-refractivity contribution in [2.45, 2.75) is 19.1 Å². The molecule has 1 aromatic carbocycles. The zero-order valence-corrected chi connectivity index (χ0v) is 10.1. The van der Waals surface area contributed by atoms with E-state index >= 15 is 0 Å². The van der Waals surface area contributed by atoms with E-state index in [0.717, 1.165) is 5.56 Å². The van der Waals surface area contributed by atoms with Gasteiger partial charge in [0.1, 0.15) is 0 Å². The summed E-state index contributed by atoms with van der Waals surface area (Å²) in [5.41, 5.74) is 0.935. The lowest BCUT2D eigenvalue weighted by molar-refractivity contribution is 0.0924. The fourth-order valence-corrected chi connectivity index (χ4v) is 1.46. The number of benzene rings is 1. The monoisotopic (exact) mass is 241 g/mol. The van der Waals surface area contributed by atoms with Crippen molar-refractivity contribution in [3.05, 3.63) is 23.8 Å². The van der Waals surface area contributed by atoms with E-state index in [9.17, 15) is 10.2 Å². The molecule has 0 spiro atoms. The molecule has 5 heteroatoms. The maximum atomic E-state index is 9.45. The molecule has 0 bridgehead atoms. The van der Waals surface area contributed by atoms with Gasteiger partial charge in [-0.25, -0.2) is 0 Å². The molecular weight excluding hydrogens is 222 g/mol. The number of hydrogen-bond acceptors (Lipinski definition) is 5. The van der Waals surface area contributed by atoms with Crippen LogP contribution in [0, 0.1) is 0 Å². The third-order valence-electron chi connectivity index (χ3n) is 2.57. The van der Waals surface area contributed by atoms with Crippen molar-refractivity contribution in [2.24, 2.45) is 0 Å². The SMILES string of the molecule is COc1cc(C(C)NCC(O)CO)ccc1O. The zero-order valence-electron chi connectivity index (χ0n) is 10.1. The molecule has 17 heavy (non-hydrogen) atoms. The van der Waals surface area contributed by atoms with E-state index in [0.29, 0.717) is 12.3 Å². The number of nitrogens with one attached hydrogen (secondary N) is 1. The summed E-state index contributed by atoms with van der Waals surface area (Å²) in [6.07, 6.45) is -0.767. The smallest absolute Gasteiger partial charge is 0.160 e. The standard InChI is InChI=1S/C12H19NO4/c1-8(13-6-10(15)7-14)9-3-4-11(16)12(5-9)17-2/h3-5,8,10,13-16H,6-7H2,1-2H3. The Balaban J connectivity index is 2.65. The van der Waals surface area contributed by atoms with Gasteiger partial charge in [-0.3, -0.25) is 0 Å². The first-order valence-electron chi connectivity index (χ1n) is 5.47. The van der Waals surface area contributed by atoms with Crippen molar-refractivity contribution in [3.8, 4) is 11.5 Å². The minimum absolute atomic E-state index is 0.00861. The number of phenols is 1. The van der Waals surface area contributed by atoms with E-state index in [2.05, 4.69) is 5.32 Å². The van der Waals surface area contributed by atoms with Gasteiger partial charge >= 0.3 is 0 Å². The van der Waals surface area contributed by atoms with Crippen molar-refractivity contribution in [1.29, 1.82) is 0 Å². The van der Waals surface area contributed by atoms with Crippen LogP contribution in [-0.4, -0.2) is 41.7 Å². The number of rotatable bonds is 6. The van der Waals surface area contributed by atoms with Crippen LogP contribution in [0.3, 0.4) is 0 Å². The Labute approximate surface area is 101 Å². The van der Waals surface area contributed by atoms with Gasteiger partial charge in [-0.15, -0.1) is 0 Å². The van der Waals surface area contributed by atoms with Crippen LogP contribution in [0.15, 0.2) is 18.2 Å².